The lowest BCUT2D eigenvalue weighted by molar-refractivity contribution is -0.132. The number of aliphatic carboxylic acids is 1. The van der Waals surface area contributed by atoms with Crippen molar-refractivity contribution >= 4 is 27.5 Å². The summed E-state index contributed by atoms with van der Waals surface area (Å²) in [4.78, 5) is 10.9. The number of fused-ring (bicyclic) bond motifs is 2. The topological polar surface area (TPSA) is 37.3 Å². The van der Waals surface area contributed by atoms with E-state index < -0.39 is 5.97 Å². The van der Waals surface area contributed by atoms with E-state index >= 15 is 0 Å². The molecule has 0 aliphatic heterocycles. The van der Waals surface area contributed by atoms with Crippen LogP contribution in [0.2, 0.25) is 0 Å². The zero-order valence-corrected chi connectivity index (χ0v) is 10.6. The van der Waals surface area contributed by atoms with E-state index in [0.717, 1.165) is 21.9 Å². The molecule has 0 bridgehead atoms. The average molecular weight is 249 g/mol. The SMILES string of the molecule is Cc1c2ccccc2cc2cccc([CH]C(=O)O)c12. The predicted molar refractivity (Wildman–Crippen MR) is 77.2 cm³/mol. The summed E-state index contributed by atoms with van der Waals surface area (Å²) in [6.07, 6.45) is 1.27. The van der Waals surface area contributed by atoms with Gasteiger partial charge < -0.3 is 5.11 Å². The molecule has 0 fully saturated rings. The number of carboxylic acids is 1. The third-order valence-corrected chi connectivity index (χ3v) is 3.46. The number of carboxylic acid groups (broad SMARTS) is 1. The van der Waals surface area contributed by atoms with Crippen LogP contribution >= 0.6 is 0 Å². The number of hydrogen-bond donors (Lipinski definition) is 1. The van der Waals surface area contributed by atoms with Crippen LogP contribution in [0.3, 0.4) is 0 Å². The number of hydrogen-bond acceptors (Lipinski definition) is 1. The van der Waals surface area contributed by atoms with Gasteiger partial charge in [-0.2, -0.15) is 0 Å². The minimum absolute atomic E-state index is 0.758. The van der Waals surface area contributed by atoms with Crippen LogP contribution in [0, 0.1) is 13.3 Å². The molecule has 3 rings (SSSR count). The van der Waals surface area contributed by atoms with Crippen molar-refractivity contribution in [2.75, 3.05) is 0 Å². The molecule has 0 saturated carbocycles. The summed E-state index contributed by atoms with van der Waals surface area (Å²) in [6, 6.07) is 16.0. The normalized spacial score (nSPS) is 11.0. The number of benzene rings is 3. The Morgan fingerprint density at radius 2 is 1.79 bits per heavy atom. The van der Waals surface area contributed by atoms with Gasteiger partial charge in [-0.1, -0.05) is 42.5 Å². The molecule has 3 aromatic rings. The van der Waals surface area contributed by atoms with E-state index in [2.05, 4.69) is 18.2 Å². The maximum absolute atomic E-state index is 10.9. The summed E-state index contributed by atoms with van der Waals surface area (Å²) < 4.78 is 0. The van der Waals surface area contributed by atoms with Gasteiger partial charge in [0, 0.05) is 0 Å². The van der Waals surface area contributed by atoms with Crippen molar-refractivity contribution in [1.29, 1.82) is 0 Å². The Balaban J connectivity index is 2.41. The minimum atomic E-state index is -0.917. The van der Waals surface area contributed by atoms with Crippen molar-refractivity contribution in [2.24, 2.45) is 0 Å². The molecule has 2 nitrogen and oxygen atoms in total. The van der Waals surface area contributed by atoms with E-state index in [-0.39, 0.29) is 0 Å². The fourth-order valence-corrected chi connectivity index (χ4v) is 2.66. The molecule has 1 radical (unpaired) electrons. The highest BCUT2D eigenvalue weighted by Gasteiger charge is 2.10. The summed E-state index contributed by atoms with van der Waals surface area (Å²) in [5.74, 6) is -0.917. The van der Waals surface area contributed by atoms with E-state index in [1.54, 1.807) is 0 Å². The molecule has 0 aromatic heterocycles. The predicted octanol–water partition coefficient (Wildman–Crippen LogP) is 3.94. The molecule has 19 heavy (non-hydrogen) atoms. The van der Waals surface area contributed by atoms with Gasteiger partial charge in [0.25, 0.3) is 0 Å². The maximum Gasteiger partial charge on any atom is 0.312 e. The van der Waals surface area contributed by atoms with Crippen LogP contribution in [0.25, 0.3) is 21.5 Å². The van der Waals surface area contributed by atoms with E-state index in [4.69, 9.17) is 5.11 Å². The molecule has 0 saturated heterocycles. The van der Waals surface area contributed by atoms with Crippen molar-refractivity contribution in [3.8, 4) is 0 Å². The quantitative estimate of drug-likeness (QED) is 0.698. The molecule has 93 valence electrons. The molecule has 3 aromatic carbocycles. The maximum atomic E-state index is 10.9. The van der Waals surface area contributed by atoms with Crippen LogP contribution in [0.15, 0.2) is 48.5 Å². The highest BCUT2D eigenvalue weighted by atomic mass is 16.4. The fraction of sp³-hybridized carbons (Fsp3) is 0.0588. The van der Waals surface area contributed by atoms with Crippen LogP contribution in [0.4, 0.5) is 0 Å². The largest absolute Gasteiger partial charge is 0.481 e. The smallest absolute Gasteiger partial charge is 0.312 e. The van der Waals surface area contributed by atoms with Crippen LogP contribution < -0.4 is 0 Å². The molecule has 0 aliphatic carbocycles. The summed E-state index contributed by atoms with van der Waals surface area (Å²) in [6.45, 7) is 2.05. The molecule has 0 heterocycles. The molecular weight excluding hydrogens is 236 g/mol. The van der Waals surface area contributed by atoms with Crippen molar-refractivity contribution in [1.82, 2.24) is 0 Å². The van der Waals surface area contributed by atoms with Crippen LogP contribution in [0.1, 0.15) is 11.1 Å². The second-order valence-corrected chi connectivity index (χ2v) is 4.65. The lowest BCUT2D eigenvalue weighted by Gasteiger charge is -2.11. The first kappa shape index (κ1) is 11.7. The fourth-order valence-electron chi connectivity index (χ4n) is 2.66. The van der Waals surface area contributed by atoms with Crippen molar-refractivity contribution < 1.29 is 9.90 Å². The van der Waals surface area contributed by atoms with Gasteiger partial charge in [-0.3, -0.25) is 4.79 Å². The molecule has 0 unspecified atom stereocenters. The van der Waals surface area contributed by atoms with Gasteiger partial charge in [-0.05, 0) is 45.7 Å². The standard InChI is InChI=1S/C17H13O2/c1-11-15-8-3-2-5-12(15)9-13-6-4-7-14(17(11)13)10-16(18)19/h2-10H,1H3,(H,18,19). The Bertz CT molecular complexity index is 788. The average Bonchev–Trinajstić information content (AvgIpc) is 2.38. The first-order valence-electron chi connectivity index (χ1n) is 6.15. The zero-order valence-electron chi connectivity index (χ0n) is 10.6. The van der Waals surface area contributed by atoms with Gasteiger partial charge in [0.2, 0.25) is 0 Å². The van der Waals surface area contributed by atoms with Gasteiger partial charge >= 0.3 is 5.97 Å². The van der Waals surface area contributed by atoms with Crippen molar-refractivity contribution in [3.63, 3.8) is 0 Å². The second kappa shape index (κ2) is 4.39. The van der Waals surface area contributed by atoms with E-state index in [1.165, 1.54) is 17.2 Å². The van der Waals surface area contributed by atoms with Gasteiger partial charge in [0.05, 0.1) is 6.42 Å². The second-order valence-electron chi connectivity index (χ2n) is 4.65. The van der Waals surface area contributed by atoms with Crippen LogP contribution in [0.5, 0.6) is 0 Å². The molecular formula is C17H13O2. The van der Waals surface area contributed by atoms with Gasteiger partial charge in [0.1, 0.15) is 0 Å². The molecule has 0 amide bonds. The van der Waals surface area contributed by atoms with Gasteiger partial charge in [-0.15, -0.1) is 0 Å². The molecule has 0 atom stereocenters. The Labute approximate surface area is 111 Å². The number of aryl methyl sites for hydroxylation is 1. The first-order valence-corrected chi connectivity index (χ1v) is 6.15. The highest BCUT2D eigenvalue weighted by Crippen LogP contribution is 2.30. The molecule has 0 aliphatic rings. The van der Waals surface area contributed by atoms with Gasteiger partial charge in [-0.25, -0.2) is 0 Å². The summed E-state index contributed by atoms with van der Waals surface area (Å²) >= 11 is 0. The van der Waals surface area contributed by atoms with Crippen LogP contribution in [-0.2, 0) is 4.79 Å². The van der Waals surface area contributed by atoms with E-state index in [9.17, 15) is 4.79 Å². The summed E-state index contributed by atoms with van der Waals surface area (Å²) in [5, 5.41) is 13.4. The lowest BCUT2D eigenvalue weighted by Crippen LogP contribution is -1.98. The zero-order chi connectivity index (χ0) is 13.4. The Morgan fingerprint density at radius 1 is 1.05 bits per heavy atom. The third-order valence-electron chi connectivity index (χ3n) is 3.46. The van der Waals surface area contributed by atoms with E-state index in [0.29, 0.717) is 0 Å². The van der Waals surface area contributed by atoms with Crippen molar-refractivity contribution in [2.45, 2.75) is 6.92 Å². The van der Waals surface area contributed by atoms with Crippen molar-refractivity contribution in [3.05, 3.63) is 66.1 Å². The minimum Gasteiger partial charge on any atom is -0.481 e. The lowest BCUT2D eigenvalue weighted by atomic mass is 9.93. The molecule has 2 heteroatoms. The Hall–Kier alpha value is -2.35. The Morgan fingerprint density at radius 3 is 2.58 bits per heavy atom. The number of rotatable bonds is 2. The first-order chi connectivity index (χ1) is 9.16. The van der Waals surface area contributed by atoms with Crippen LogP contribution in [-0.4, -0.2) is 11.1 Å². The van der Waals surface area contributed by atoms with E-state index in [1.807, 2.05) is 37.3 Å². The monoisotopic (exact) mass is 249 g/mol. The summed E-state index contributed by atoms with van der Waals surface area (Å²) in [7, 11) is 0. The Kier molecular flexibility index (Phi) is 2.71. The van der Waals surface area contributed by atoms with Gasteiger partial charge in [0.15, 0.2) is 0 Å². The molecule has 0 spiro atoms. The summed E-state index contributed by atoms with van der Waals surface area (Å²) in [5.41, 5.74) is 1.88. The highest BCUT2D eigenvalue weighted by molar-refractivity contribution is 6.05. The number of carbonyl (C=O) groups is 1. The molecule has 1 N–H and O–H groups in total. The third kappa shape index (κ3) is 1.95.